The summed E-state index contributed by atoms with van der Waals surface area (Å²) in [7, 11) is 0. The monoisotopic (exact) mass is 208 g/mol. The summed E-state index contributed by atoms with van der Waals surface area (Å²) < 4.78 is 1.31. The summed E-state index contributed by atoms with van der Waals surface area (Å²) in [6.07, 6.45) is 2.74. The second-order valence-electron chi connectivity index (χ2n) is 3.33. The molecule has 2 heterocycles. The SMILES string of the molecule is Nc1nn2c(=O)c3c(nc2s1)CCC3. The summed E-state index contributed by atoms with van der Waals surface area (Å²) in [5, 5.41) is 4.32. The Morgan fingerprint density at radius 2 is 2.29 bits per heavy atom. The molecule has 3 rings (SSSR count). The lowest BCUT2D eigenvalue weighted by molar-refractivity contribution is 0.874. The van der Waals surface area contributed by atoms with Gasteiger partial charge in [0.1, 0.15) is 0 Å². The second kappa shape index (κ2) is 2.54. The zero-order chi connectivity index (χ0) is 9.71. The smallest absolute Gasteiger partial charge is 0.278 e. The maximum atomic E-state index is 11.8. The van der Waals surface area contributed by atoms with Crippen molar-refractivity contribution in [2.24, 2.45) is 0 Å². The molecule has 0 unspecified atom stereocenters. The van der Waals surface area contributed by atoms with Crippen molar-refractivity contribution < 1.29 is 0 Å². The second-order valence-corrected chi connectivity index (χ2v) is 4.32. The number of fused-ring (bicyclic) bond motifs is 2. The molecule has 0 saturated heterocycles. The van der Waals surface area contributed by atoms with Gasteiger partial charge in [-0.3, -0.25) is 4.79 Å². The molecule has 72 valence electrons. The van der Waals surface area contributed by atoms with Gasteiger partial charge in [-0.1, -0.05) is 11.3 Å². The van der Waals surface area contributed by atoms with Gasteiger partial charge in [0, 0.05) is 5.56 Å². The fourth-order valence-electron chi connectivity index (χ4n) is 1.83. The van der Waals surface area contributed by atoms with Gasteiger partial charge < -0.3 is 5.73 Å². The van der Waals surface area contributed by atoms with Crippen molar-refractivity contribution in [1.29, 1.82) is 0 Å². The van der Waals surface area contributed by atoms with E-state index >= 15 is 0 Å². The number of anilines is 1. The summed E-state index contributed by atoms with van der Waals surface area (Å²) in [6.45, 7) is 0. The first kappa shape index (κ1) is 7.93. The van der Waals surface area contributed by atoms with Crippen LogP contribution in [-0.2, 0) is 12.8 Å². The summed E-state index contributed by atoms with van der Waals surface area (Å²) in [5.74, 6) is 0. The highest BCUT2D eigenvalue weighted by Crippen LogP contribution is 2.20. The quantitative estimate of drug-likeness (QED) is 0.672. The predicted molar refractivity (Wildman–Crippen MR) is 53.6 cm³/mol. The topological polar surface area (TPSA) is 73.3 Å². The Labute approximate surface area is 83.2 Å². The van der Waals surface area contributed by atoms with Crippen LogP contribution in [0.2, 0.25) is 0 Å². The number of nitrogen functional groups attached to an aromatic ring is 1. The van der Waals surface area contributed by atoms with Gasteiger partial charge in [0.2, 0.25) is 10.1 Å². The van der Waals surface area contributed by atoms with E-state index in [1.165, 1.54) is 15.9 Å². The van der Waals surface area contributed by atoms with Gasteiger partial charge in [-0.2, -0.15) is 4.52 Å². The molecule has 0 fully saturated rings. The normalized spacial score (nSPS) is 14.9. The molecular formula is C8H8N4OS. The molecule has 0 spiro atoms. The predicted octanol–water partition coefficient (Wildman–Crippen LogP) is 0.222. The molecule has 0 aliphatic heterocycles. The number of rotatable bonds is 0. The molecular weight excluding hydrogens is 200 g/mol. The van der Waals surface area contributed by atoms with Crippen LogP contribution in [0.15, 0.2) is 4.79 Å². The van der Waals surface area contributed by atoms with E-state index in [1.54, 1.807) is 0 Å². The molecule has 0 atom stereocenters. The van der Waals surface area contributed by atoms with Gasteiger partial charge in [0.15, 0.2) is 0 Å². The number of hydrogen-bond acceptors (Lipinski definition) is 5. The van der Waals surface area contributed by atoms with Crippen LogP contribution in [0.3, 0.4) is 0 Å². The van der Waals surface area contributed by atoms with Crippen LogP contribution in [-0.4, -0.2) is 14.6 Å². The minimum Gasteiger partial charge on any atom is -0.374 e. The maximum absolute atomic E-state index is 11.8. The number of aromatic nitrogens is 3. The summed E-state index contributed by atoms with van der Waals surface area (Å²) >= 11 is 1.25. The molecule has 14 heavy (non-hydrogen) atoms. The summed E-state index contributed by atoms with van der Waals surface area (Å²) in [6, 6.07) is 0. The van der Waals surface area contributed by atoms with Gasteiger partial charge in [0.25, 0.3) is 5.56 Å². The molecule has 1 aliphatic rings. The van der Waals surface area contributed by atoms with Crippen LogP contribution in [0.4, 0.5) is 5.13 Å². The highest BCUT2D eigenvalue weighted by Gasteiger charge is 2.19. The van der Waals surface area contributed by atoms with E-state index in [9.17, 15) is 4.79 Å². The first-order chi connectivity index (χ1) is 6.75. The summed E-state index contributed by atoms with van der Waals surface area (Å²) in [5.41, 5.74) is 7.22. The maximum Gasteiger partial charge on any atom is 0.278 e. The Bertz CT molecular complexity index is 570. The molecule has 0 bridgehead atoms. The highest BCUT2D eigenvalue weighted by atomic mass is 32.1. The van der Waals surface area contributed by atoms with Crippen LogP contribution < -0.4 is 11.3 Å². The molecule has 6 heteroatoms. The number of nitrogens with zero attached hydrogens (tertiary/aromatic N) is 3. The molecule has 0 saturated carbocycles. The Morgan fingerprint density at radius 1 is 1.43 bits per heavy atom. The third-order valence-electron chi connectivity index (χ3n) is 2.45. The average molecular weight is 208 g/mol. The minimum atomic E-state index is -0.0459. The van der Waals surface area contributed by atoms with Crippen molar-refractivity contribution in [2.45, 2.75) is 19.3 Å². The van der Waals surface area contributed by atoms with Crippen molar-refractivity contribution in [3.05, 3.63) is 21.6 Å². The standard InChI is InChI=1S/C8H8N4OS/c9-7-11-12-6(13)4-2-1-3-5(4)10-8(12)14-7/h1-3H2,(H2,9,11). The number of hydrogen-bond donors (Lipinski definition) is 1. The van der Waals surface area contributed by atoms with Gasteiger partial charge in [-0.25, -0.2) is 4.98 Å². The Balaban J connectivity index is 2.49. The van der Waals surface area contributed by atoms with E-state index in [0.717, 1.165) is 30.5 Å². The zero-order valence-electron chi connectivity index (χ0n) is 7.36. The van der Waals surface area contributed by atoms with Crippen LogP contribution in [0.5, 0.6) is 0 Å². The van der Waals surface area contributed by atoms with Crippen LogP contribution in [0.1, 0.15) is 17.7 Å². The Hall–Kier alpha value is -1.43. The fraction of sp³-hybridized carbons (Fsp3) is 0.375. The van der Waals surface area contributed by atoms with E-state index in [1.807, 2.05) is 0 Å². The van der Waals surface area contributed by atoms with Crippen LogP contribution in [0.25, 0.3) is 4.96 Å². The van der Waals surface area contributed by atoms with E-state index in [4.69, 9.17) is 5.73 Å². The molecule has 2 N–H and O–H groups in total. The number of nitrogens with two attached hydrogens (primary N) is 1. The van der Waals surface area contributed by atoms with E-state index < -0.39 is 0 Å². The average Bonchev–Trinajstić information content (AvgIpc) is 2.71. The van der Waals surface area contributed by atoms with E-state index in [-0.39, 0.29) is 5.56 Å². The largest absolute Gasteiger partial charge is 0.374 e. The lowest BCUT2D eigenvalue weighted by Crippen LogP contribution is -2.19. The van der Waals surface area contributed by atoms with Gasteiger partial charge in [0.05, 0.1) is 5.69 Å². The van der Waals surface area contributed by atoms with E-state index in [0.29, 0.717) is 10.1 Å². The van der Waals surface area contributed by atoms with Crippen LogP contribution >= 0.6 is 11.3 Å². The van der Waals surface area contributed by atoms with Gasteiger partial charge >= 0.3 is 0 Å². The molecule has 2 aromatic heterocycles. The molecule has 1 aliphatic carbocycles. The zero-order valence-corrected chi connectivity index (χ0v) is 8.17. The fourth-order valence-corrected chi connectivity index (χ4v) is 2.50. The third kappa shape index (κ3) is 0.913. The van der Waals surface area contributed by atoms with Crippen molar-refractivity contribution in [2.75, 3.05) is 5.73 Å². The highest BCUT2D eigenvalue weighted by molar-refractivity contribution is 7.20. The Kier molecular flexibility index (Phi) is 1.44. The lowest BCUT2D eigenvalue weighted by Gasteiger charge is -1.96. The Morgan fingerprint density at radius 3 is 3.14 bits per heavy atom. The van der Waals surface area contributed by atoms with Crippen LogP contribution in [0, 0.1) is 0 Å². The first-order valence-corrected chi connectivity index (χ1v) is 5.24. The molecule has 0 amide bonds. The van der Waals surface area contributed by atoms with Crippen molar-refractivity contribution in [3.8, 4) is 0 Å². The van der Waals surface area contributed by atoms with Crippen molar-refractivity contribution in [3.63, 3.8) is 0 Å². The molecule has 0 aromatic carbocycles. The third-order valence-corrected chi connectivity index (χ3v) is 3.18. The van der Waals surface area contributed by atoms with Gasteiger partial charge in [-0.15, -0.1) is 5.10 Å². The number of aryl methyl sites for hydroxylation is 1. The van der Waals surface area contributed by atoms with Crippen molar-refractivity contribution >= 4 is 21.4 Å². The van der Waals surface area contributed by atoms with Crippen molar-refractivity contribution in [1.82, 2.24) is 14.6 Å². The minimum absolute atomic E-state index is 0.0459. The lowest BCUT2D eigenvalue weighted by atomic mass is 10.3. The summed E-state index contributed by atoms with van der Waals surface area (Å²) in [4.78, 5) is 16.8. The van der Waals surface area contributed by atoms with E-state index in [2.05, 4.69) is 10.1 Å². The molecule has 5 nitrogen and oxygen atoms in total. The molecule has 0 radical (unpaired) electrons. The molecule has 2 aromatic rings. The first-order valence-electron chi connectivity index (χ1n) is 4.43. The van der Waals surface area contributed by atoms with Gasteiger partial charge in [-0.05, 0) is 19.3 Å².